The normalized spacial score (nSPS) is 12.5. The van der Waals surface area contributed by atoms with Crippen molar-refractivity contribution in [2.24, 2.45) is 11.5 Å². The number of carboxylic acids is 2. The summed E-state index contributed by atoms with van der Waals surface area (Å²) in [6.45, 7) is 1.63. The summed E-state index contributed by atoms with van der Waals surface area (Å²) in [4.78, 5) is 35.7. The number of aromatic amines is 1. The van der Waals surface area contributed by atoms with Crippen LogP contribution in [0.3, 0.4) is 0 Å². The number of aliphatic carboxylic acids is 2. The van der Waals surface area contributed by atoms with Crippen molar-refractivity contribution in [2.75, 3.05) is 6.54 Å². The van der Waals surface area contributed by atoms with Crippen LogP contribution in [0, 0.1) is 0 Å². The Kier molecular flexibility index (Phi) is 9.69. The molecule has 2 atom stereocenters. The third-order valence-corrected chi connectivity index (χ3v) is 4.02. The Balaban J connectivity index is 0.000000892. The molecule has 1 aromatic carbocycles. The second-order valence-corrected chi connectivity index (χ2v) is 6.37. The number of nitrogens with two attached hydrogens (primary N) is 2. The van der Waals surface area contributed by atoms with Crippen LogP contribution in [0.4, 0.5) is 0 Å². The van der Waals surface area contributed by atoms with Crippen LogP contribution in [0.25, 0.3) is 10.9 Å². The van der Waals surface area contributed by atoms with E-state index in [1.807, 2.05) is 24.3 Å². The molecule has 154 valence electrons. The summed E-state index contributed by atoms with van der Waals surface area (Å²) in [6.07, 6.45) is 3.99. The fourth-order valence-corrected chi connectivity index (χ4v) is 2.64. The lowest BCUT2D eigenvalue weighted by atomic mass is 10.0. The average Bonchev–Trinajstić information content (AvgIpc) is 3.03. The molecular formula is C19H28N4O5. The first-order chi connectivity index (χ1) is 13.3. The van der Waals surface area contributed by atoms with Gasteiger partial charge in [0.2, 0.25) is 5.91 Å². The van der Waals surface area contributed by atoms with Crippen molar-refractivity contribution in [3.63, 3.8) is 0 Å². The van der Waals surface area contributed by atoms with Crippen LogP contribution < -0.4 is 16.8 Å². The summed E-state index contributed by atoms with van der Waals surface area (Å²) in [7, 11) is 0. The van der Waals surface area contributed by atoms with Gasteiger partial charge in [-0.25, -0.2) is 4.79 Å². The van der Waals surface area contributed by atoms with E-state index in [4.69, 9.17) is 21.4 Å². The molecule has 0 aliphatic heterocycles. The first-order valence-electron chi connectivity index (χ1n) is 8.99. The lowest BCUT2D eigenvalue weighted by molar-refractivity contribution is -0.142. The van der Waals surface area contributed by atoms with Crippen molar-refractivity contribution in [3.8, 4) is 0 Å². The molecule has 0 aliphatic carbocycles. The Morgan fingerprint density at radius 3 is 2.43 bits per heavy atom. The van der Waals surface area contributed by atoms with Crippen molar-refractivity contribution < 1.29 is 24.6 Å². The maximum Gasteiger partial charge on any atom is 0.326 e. The van der Waals surface area contributed by atoms with Gasteiger partial charge in [-0.15, -0.1) is 0 Å². The van der Waals surface area contributed by atoms with Gasteiger partial charge >= 0.3 is 5.97 Å². The number of para-hydroxylation sites is 1. The van der Waals surface area contributed by atoms with E-state index in [0.717, 1.165) is 36.2 Å². The highest BCUT2D eigenvalue weighted by atomic mass is 16.4. The van der Waals surface area contributed by atoms with E-state index in [2.05, 4.69) is 10.3 Å². The molecule has 0 saturated carbocycles. The number of aromatic nitrogens is 1. The fraction of sp³-hybridized carbons (Fsp3) is 0.421. The number of rotatable bonds is 9. The maximum atomic E-state index is 12.1. The lowest BCUT2D eigenvalue weighted by Gasteiger charge is -2.17. The van der Waals surface area contributed by atoms with Crippen LogP contribution in [0.1, 0.15) is 31.7 Å². The van der Waals surface area contributed by atoms with Crippen molar-refractivity contribution in [3.05, 3.63) is 36.0 Å². The summed E-state index contributed by atoms with van der Waals surface area (Å²) in [5.41, 5.74) is 13.0. The lowest BCUT2D eigenvalue weighted by Crippen LogP contribution is -2.49. The van der Waals surface area contributed by atoms with Crippen LogP contribution in [0.2, 0.25) is 0 Å². The van der Waals surface area contributed by atoms with E-state index >= 15 is 0 Å². The predicted octanol–water partition coefficient (Wildman–Crippen LogP) is 0.827. The number of carbonyl (C=O) groups is 3. The smallest absolute Gasteiger partial charge is 0.326 e. The molecule has 1 amide bonds. The van der Waals surface area contributed by atoms with E-state index in [1.165, 1.54) is 0 Å². The molecule has 0 spiro atoms. The number of unbranched alkanes of at least 4 members (excludes halogenated alkanes) is 1. The number of carbonyl (C=O) groups excluding carboxylic acids is 1. The van der Waals surface area contributed by atoms with E-state index in [0.29, 0.717) is 13.0 Å². The second kappa shape index (κ2) is 11.7. The molecule has 1 aromatic heterocycles. The highest BCUT2D eigenvalue weighted by molar-refractivity contribution is 5.88. The summed E-state index contributed by atoms with van der Waals surface area (Å²) >= 11 is 0. The van der Waals surface area contributed by atoms with Gasteiger partial charge in [0.05, 0.1) is 6.04 Å². The van der Waals surface area contributed by atoms with Gasteiger partial charge in [-0.05, 0) is 31.0 Å². The average molecular weight is 392 g/mol. The van der Waals surface area contributed by atoms with Gasteiger partial charge in [0.25, 0.3) is 5.97 Å². The number of H-pyrrole nitrogens is 1. The van der Waals surface area contributed by atoms with Crippen molar-refractivity contribution >= 4 is 28.7 Å². The van der Waals surface area contributed by atoms with E-state index in [9.17, 15) is 14.7 Å². The summed E-state index contributed by atoms with van der Waals surface area (Å²) in [6, 6.07) is 5.89. The quantitative estimate of drug-likeness (QED) is 0.343. The van der Waals surface area contributed by atoms with Crippen LogP contribution >= 0.6 is 0 Å². The highest BCUT2D eigenvalue weighted by Crippen LogP contribution is 2.19. The van der Waals surface area contributed by atoms with Gasteiger partial charge in [0.15, 0.2) is 0 Å². The van der Waals surface area contributed by atoms with Gasteiger partial charge in [-0.3, -0.25) is 9.59 Å². The molecule has 0 bridgehead atoms. The molecule has 28 heavy (non-hydrogen) atoms. The largest absolute Gasteiger partial charge is 0.481 e. The molecule has 0 fully saturated rings. The molecule has 0 radical (unpaired) electrons. The Labute approximate surface area is 163 Å². The standard InChI is InChI=1S/C17H24N4O3.C2H4O2/c18-8-4-3-6-13(19)16(22)21-15(17(23)24)9-11-10-20-14-7-2-1-5-12(11)14;1-2(3)4/h1-2,5,7,10,13,15,20H,3-4,6,8-9,18-19H2,(H,21,22)(H,23,24);1H3,(H,3,4)/t13-,15-;/m0./s1. The summed E-state index contributed by atoms with van der Waals surface area (Å²) in [5, 5.41) is 20.3. The zero-order valence-corrected chi connectivity index (χ0v) is 15.9. The number of hydrogen-bond donors (Lipinski definition) is 6. The SMILES string of the molecule is CC(=O)O.NCCCC[C@H](N)C(=O)N[C@@H](Cc1c[nH]c2ccccc12)C(=O)O. The zero-order chi connectivity index (χ0) is 21.1. The first-order valence-corrected chi connectivity index (χ1v) is 8.99. The second-order valence-electron chi connectivity index (χ2n) is 6.37. The number of amides is 1. The van der Waals surface area contributed by atoms with E-state index < -0.39 is 29.9 Å². The minimum Gasteiger partial charge on any atom is -0.481 e. The molecule has 2 aromatic rings. The molecule has 2 rings (SSSR count). The van der Waals surface area contributed by atoms with Gasteiger partial charge < -0.3 is 32.0 Å². The van der Waals surface area contributed by atoms with E-state index in [-0.39, 0.29) is 6.42 Å². The number of carboxylic acid groups (broad SMARTS) is 2. The van der Waals surface area contributed by atoms with Crippen LogP contribution in [-0.4, -0.2) is 51.7 Å². The molecular weight excluding hydrogens is 364 g/mol. The Bertz CT molecular complexity index is 785. The molecule has 0 unspecified atom stereocenters. The van der Waals surface area contributed by atoms with Crippen LogP contribution in [-0.2, 0) is 20.8 Å². The topological polar surface area (TPSA) is 172 Å². The first kappa shape index (κ1) is 23.1. The van der Waals surface area contributed by atoms with Gasteiger partial charge in [0, 0.05) is 30.4 Å². The fourth-order valence-electron chi connectivity index (χ4n) is 2.64. The Morgan fingerprint density at radius 2 is 1.82 bits per heavy atom. The molecule has 8 N–H and O–H groups in total. The van der Waals surface area contributed by atoms with Crippen LogP contribution in [0.5, 0.6) is 0 Å². The summed E-state index contributed by atoms with van der Waals surface area (Å²) in [5.74, 6) is -2.36. The third-order valence-electron chi connectivity index (χ3n) is 4.02. The molecule has 0 saturated heterocycles. The van der Waals surface area contributed by atoms with Crippen molar-refractivity contribution in [1.82, 2.24) is 10.3 Å². The minimum atomic E-state index is -1.08. The zero-order valence-electron chi connectivity index (χ0n) is 15.9. The molecule has 1 heterocycles. The number of fused-ring (bicyclic) bond motifs is 1. The minimum absolute atomic E-state index is 0.195. The van der Waals surface area contributed by atoms with Gasteiger partial charge in [-0.2, -0.15) is 0 Å². The van der Waals surface area contributed by atoms with E-state index in [1.54, 1.807) is 6.20 Å². The molecule has 0 aliphatic rings. The number of nitrogens with one attached hydrogen (secondary N) is 2. The number of hydrogen-bond acceptors (Lipinski definition) is 5. The Hall–Kier alpha value is -2.91. The number of benzene rings is 1. The van der Waals surface area contributed by atoms with Crippen LogP contribution in [0.15, 0.2) is 30.5 Å². The van der Waals surface area contributed by atoms with Crippen molar-refractivity contribution in [1.29, 1.82) is 0 Å². The Morgan fingerprint density at radius 1 is 1.18 bits per heavy atom. The monoisotopic (exact) mass is 392 g/mol. The van der Waals surface area contributed by atoms with Gasteiger partial charge in [0.1, 0.15) is 6.04 Å². The molecule has 9 nitrogen and oxygen atoms in total. The van der Waals surface area contributed by atoms with Gasteiger partial charge in [-0.1, -0.05) is 24.6 Å². The summed E-state index contributed by atoms with van der Waals surface area (Å²) < 4.78 is 0. The molecule has 9 heteroatoms. The third kappa shape index (κ3) is 7.77. The van der Waals surface area contributed by atoms with Crippen molar-refractivity contribution in [2.45, 2.75) is 44.7 Å². The highest BCUT2D eigenvalue weighted by Gasteiger charge is 2.24. The maximum absolute atomic E-state index is 12.1. The predicted molar refractivity (Wildman–Crippen MR) is 106 cm³/mol.